The van der Waals surface area contributed by atoms with Crippen molar-refractivity contribution in [2.45, 2.75) is 19.1 Å². The Balaban J connectivity index is 2.60. The molecule has 4 nitrogen and oxygen atoms in total. The predicted octanol–water partition coefficient (Wildman–Crippen LogP) is 2.32. The number of nitrogens with zero attached hydrogens (tertiary/aromatic N) is 1. The molecule has 0 saturated heterocycles. The Morgan fingerprint density at radius 3 is 2.63 bits per heavy atom. The summed E-state index contributed by atoms with van der Waals surface area (Å²) in [5.74, 6) is -0.0247. The van der Waals surface area contributed by atoms with Gasteiger partial charge in [0.1, 0.15) is 0 Å². The average Bonchev–Trinajstić information content (AvgIpc) is 2.39. The van der Waals surface area contributed by atoms with E-state index < -0.39 is 0 Å². The number of benzene rings is 1. The first-order valence-corrected chi connectivity index (χ1v) is 6.64. The maximum Gasteiger partial charge on any atom is 0.225 e. The summed E-state index contributed by atoms with van der Waals surface area (Å²) >= 11 is 11.8. The van der Waals surface area contributed by atoms with Crippen molar-refractivity contribution in [3.63, 3.8) is 0 Å². The fraction of sp³-hybridized carbons (Fsp3) is 0.462. The normalized spacial score (nSPS) is 12.3. The van der Waals surface area contributed by atoms with Gasteiger partial charge in [-0.1, -0.05) is 29.3 Å². The Kier molecular flexibility index (Phi) is 6.58. The molecule has 0 heterocycles. The topological polar surface area (TPSA) is 55.6 Å². The first kappa shape index (κ1) is 16.2. The van der Waals surface area contributed by atoms with Crippen molar-refractivity contribution in [2.24, 2.45) is 5.73 Å². The van der Waals surface area contributed by atoms with E-state index >= 15 is 0 Å². The third kappa shape index (κ3) is 4.99. The summed E-state index contributed by atoms with van der Waals surface area (Å²) in [4.78, 5) is 13.6. The van der Waals surface area contributed by atoms with Crippen LogP contribution in [-0.2, 0) is 16.1 Å². The van der Waals surface area contributed by atoms with E-state index in [9.17, 15) is 4.79 Å². The highest BCUT2D eigenvalue weighted by molar-refractivity contribution is 6.42. The highest BCUT2D eigenvalue weighted by Crippen LogP contribution is 2.23. The summed E-state index contributed by atoms with van der Waals surface area (Å²) in [5, 5.41) is 0.985. The minimum Gasteiger partial charge on any atom is -0.380 e. The van der Waals surface area contributed by atoms with Gasteiger partial charge in [0.25, 0.3) is 0 Å². The molecule has 0 aliphatic carbocycles. The second-order valence-electron chi connectivity index (χ2n) is 4.30. The number of amides is 1. The van der Waals surface area contributed by atoms with Crippen LogP contribution < -0.4 is 5.73 Å². The minimum absolute atomic E-state index is 0.0247. The van der Waals surface area contributed by atoms with Gasteiger partial charge in [-0.15, -0.1) is 0 Å². The molecule has 0 fully saturated rings. The van der Waals surface area contributed by atoms with E-state index in [2.05, 4.69) is 0 Å². The van der Waals surface area contributed by atoms with E-state index in [1.165, 1.54) is 0 Å². The van der Waals surface area contributed by atoms with Crippen molar-refractivity contribution in [1.29, 1.82) is 0 Å². The molecule has 2 N–H and O–H groups in total. The smallest absolute Gasteiger partial charge is 0.225 e. The Labute approximate surface area is 123 Å². The molecular weight excluding hydrogens is 287 g/mol. The van der Waals surface area contributed by atoms with E-state index in [1.807, 2.05) is 6.07 Å². The van der Waals surface area contributed by atoms with E-state index in [-0.39, 0.29) is 18.4 Å². The molecule has 0 aliphatic rings. The summed E-state index contributed by atoms with van der Waals surface area (Å²) in [6.45, 7) is 0.791. The van der Waals surface area contributed by atoms with Crippen LogP contribution in [-0.4, -0.2) is 37.6 Å². The number of carbonyl (C=O) groups is 1. The second kappa shape index (κ2) is 7.70. The van der Waals surface area contributed by atoms with E-state index in [0.717, 1.165) is 5.56 Å². The lowest BCUT2D eigenvalue weighted by Gasteiger charge is -2.20. The molecule has 1 rings (SSSR count). The molecule has 0 saturated carbocycles. The van der Waals surface area contributed by atoms with Crippen molar-refractivity contribution in [3.8, 4) is 0 Å². The second-order valence-corrected chi connectivity index (χ2v) is 5.11. The van der Waals surface area contributed by atoms with E-state index in [4.69, 9.17) is 33.7 Å². The van der Waals surface area contributed by atoms with Gasteiger partial charge in [0, 0.05) is 27.2 Å². The van der Waals surface area contributed by atoms with Gasteiger partial charge in [-0.2, -0.15) is 0 Å². The molecule has 1 aromatic rings. The van der Waals surface area contributed by atoms with Crippen LogP contribution in [0, 0.1) is 0 Å². The molecule has 19 heavy (non-hydrogen) atoms. The van der Waals surface area contributed by atoms with E-state index in [1.54, 1.807) is 31.2 Å². The van der Waals surface area contributed by atoms with Crippen LogP contribution in [0.2, 0.25) is 10.0 Å². The van der Waals surface area contributed by atoms with Gasteiger partial charge in [-0.3, -0.25) is 4.79 Å². The molecule has 0 spiro atoms. The summed E-state index contributed by atoms with van der Waals surface area (Å²) in [5.41, 5.74) is 6.42. The van der Waals surface area contributed by atoms with Crippen LogP contribution in [0.25, 0.3) is 0 Å². The highest BCUT2D eigenvalue weighted by atomic mass is 35.5. The SMILES string of the molecule is COC(CN)CC(=O)N(C)Cc1ccc(Cl)c(Cl)c1. The number of hydrogen-bond donors (Lipinski definition) is 1. The Hall–Kier alpha value is -0.810. The maximum absolute atomic E-state index is 12.0. The van der Waals surface area contributed by atoms with Gasteiger partial charge >= 0.3 is 0 Å². The third-order valence-corrected chi connectivity index (χ3v) is 3.57. The molecular formula is C13H18Cl2N2O2. The Morgan fingerprint density at radius 1 is 1.42 bits per heavy atom. The zero-order chi connectivity index (χ0) is 14.4. The fourth-order valence-electron chi connectivity index (χ4n) is 1.61. The quantitative estimate of drug-likeness (QED) is 0.877. The molecule has 1 amide bonds. The van der Waals surface area contributed by atoms with Gasteiger partial charge in [0.2, 0.25) is 5.91 Å². The van der Waals surface area contributed by atoms with Gasteiger partial charge in [-0.05, 0) is 17.7 Å². The number of ether oxygens (including phenoxy) is 1. The molecule has 0 aliphatic heterocycles. The molecule has 0 aromatic heterocycles. The molecule has 1 atom stereocenters. The summed E-state index contributed by atoms with van der Waals surface area (Å²) in [6, 6.07) is 5.31. The number of methoxy groups -OCH3 is 1. The van der Waals surface area contributed by atoms with Crippen LogP contribution in [0.5, 0.6) is 0 Å². The van der Waals surface area contributed by atoms with Gasteiger partial charge in [0.15, 0.2) is 0 Å². The van der Waals surface area contributed by atoms with Crippen molar-refractivity contribution in [1.82, 2.24) is 4.90 Å². The van der Waals surface area contributed by atoms with Crippen molar-refractivity contribution < 1.29 is 9.53 Å². The first-order valence-electron chi connectivity index (χ1n) is 5.88. The minimum atomic E-state index is -0.247. The Bertz CT molecular complexity index is 437. The Morgan fingerprint density at radius 2 is 2.11 bits per heavy atom. The van der Waals surface area contributed by atoms with Crippen molar-refractivity contribution in [3.05, 3.63) is 33.8 Å². The van der Waals surface area contributed by atoms with Crippen LogP contribution in [0.1, 0.15) is 12.0 Å². The lowest BCUT2D eigenvalue weighted by atomic mass is 10.2. The average molecular weight is 305 g/mol. The number of carbonyl (C=O) groups excluding carboxylic acids is 1. The van der Waals surface area contributed by atoms with Crippen LogP contribution in [0.15, 0.2) is 18.2 Å². The lowest BCUT2D eigenvalue weighted by molar-refractivity contribution is -0.132. The molecule has 0 bridgehead atoms. The largest absolute Gasteiger partial charge is 0.380 e. The molecule has 6 heteroatoms. The van der Waals surface area contributed by atoms with Gasteiger partial charge in [-0.25, -0.2) is 0 Å². The molecule has 1 unspecified atom stereocenters. The van der Waals surface area contributed by atoms with Crippen LogP contribution >= 0.6 is 23.2 Å². The predicted molar refractivity (Wildman–Crippen MR) is 77.4 cm³/mol. The lowest BCUT2D eigenvalue weighted by Crippen LogP contribution is -2.33. The number of rotatable bonds is 6. The van der Waals surface area contributed by atoms with Gasteiger partial charge in [0.05, 0.1) is 22.6 Å². The standard InChI is InChI=1S/C13H18Cl2N2O2/c1-17(13(18)6-10(7-16)19-2)8-9-3-4-11(14)12(15)5-9/h3-5,10H,6-8,16H2,1-2H3. The number of nitrogens with two attached hydrogens (primary N) is 1. The van der Waals surface area contributed by atoms with E-state index in [0.29, 0.717) is 23.1 Å². The molecule has 1 aromatic carbocycles. The summed E-state index contributed by atoms with van der Waals surface area (Å²) in [7, 11) is 3.28. The third-order valence-electron chi connectivity index (χ3n) is 2.83. The van der Waals surface area contributed by atoms with Crippen LogP contribution in [0.3, 0.4) is 0 Å². The maximum atomic E-state index is 12.0. The zero-order valence-electron chi connectivity index (χ0n) is 11.0. The van der Waals surface area contributed by atoms with Gasteiger partial charge < -0.3 is 15.4 Å². The number of hydrogen-bond acceptors (Lipinski definition) is 3. The monoisotopic (exact) mass is 304 g/mol. The molecule has 106 valence electrons. The molecule has 0 radical (unpaired) electrons. The highest BCUT2D eigenvalue weighted by Gasteiger charge is 2.15. The zero-order valence-corrected chi connectivity index (χ0v) is 12.5. The van der Waals surface area contributed by atoms with Crippen LogP contribution in [0.4, 0.5) is 0 Å². The summed E-state index contributed by atoms with van der Waals surface area (Å²) in [6.07, 6.45) is 0.0222. The first-order chi connectivity index (χ1) is 8.97. The fourth-order valence-corrected chi connectivity index (χ4v) is 1.93. The summed E-state index contributed by atoms with van der Waals surface area (Å²) < 4.78 is 5.09. The van der Waals surface area contributed by atoms with Crippen molar-refractivity contribution >= 4 is 29.1 Å². The number of halogens is 2. The van der Waals surface area contributed by atoms with Crippen molar-refractivity contribution in [2.75, 3.05) is 20.7 Å².